The number of hydrogen-bond donors (Lipinski definition) is 2. The Hall–Kier alpha value is -1.63. The Labute approximate surface area is 107 Å². The minimum atomic E-state index is -3.02. The minimum Gasteiger partial charge on any atom is -0.384 e. The first kappa shape index (κ1) is 14.4. The maximum atomic E-state index is 11.1. The van der Waals surface area contributed by atoms with Crippen molar-refractivity contribution in [2.24, 2.45) is 5.73 Å². The predicted molar refractivity (Wildman–Crippen MR) is 73.0 cm³/mol. The molecule has 0 saturated heterocycles. The molecule has 0 bridgehead atoms. The zero-order chi connectivity index (χ0) is 13.9. The Morgan fingerprint density at radius 2 is 2.11 bits per heavy atom. The summed E-state index contributed by atoms with van der Waals surface area (Å²) in [5.41, 5.74) is 6.79. The van der Waals surface area contributed by atoms with Crippen LogP contribution in [0.4, 0.5) is 5.82 Å². The molecule has 3 N–H and O–H groups in total. The second-order valence-electron chi connectivity index (χ2n) is 4.29. The third kappa shape index (κ3) is 3.99. The average Bonchev–Trinajstić information content (AvgIpc) is 2.24. The van der Waals surface area contributed by atoms with Crippen LogP contribution in [0, 0.1) is 12.3 Å². The number of nitrogens with one attached hydrogen (secondary N) is 1. The van der Waals surface area contributed by atoms with Crippen molar-refractivity contribution in [2.45, 2.75) is 6.92 Å². The summed E-state index contributed by atoms with van der Waals surface area (Å²) in [5, 5.41) is 7.49. The molecule has 0 radical (unpaired) electrons. The van der Waals surface area contributed by atoms with E-state index in [4.69, 9.17) is 11.1 Å². The van der Waals surface area contributed by atoms with Crippen molar-refractivity contribution in [3.63, 3.8) is 0 Å². The Morgan fingerprint density at radius 1 is 1.50 bits per heavy atom. The molecule has 1 heterocycles. The lowest BCUT2D eigenvalue weighted by Crippen LogP contribution is -2.28. The van der Waals surface area contributed by atoms with Crippen molar-refractivity contribution in [3.8, 4) is 0 Å². The molecule has 0 aliphatic rings. The number of pyridine rings is 1. The highest BCUT2D eigenvalue weighted by molar-refractivity contribution is 7.90. The molecular formula is C11H18N4O2S. The van der Waals surface area contributed by atoms with Gasteiger partial charge in [-0.3, -0.25) is 5.41 Å². The summed E-state index contributed by atoms with van der Waals surface area (Å²) in [6, 6.07) is 3.49. The molecule has 0 spiro atoms. The van der Waals surface area contributed by atoms with Gasteiger partial charge in [-0.25, -0.2) is 13.4 Å². The molecule has 0 saturated carbocycles. The quantitative estimate of drug-likeness (QED) is 0.586. The molecule has 1 aromatic rings. The molecule has 0 amide bonds. The van der Waals surface area contributed by atoms with Gasteiger partial charge in [-0.15, -0.1) is 0 Å². The van der Waals surface area contributed by atoms with E-state index in [0.29, 0.717) is 17.9 Å². The third-order valence-electron chi connectivity index (χ3n) is 2.46. The number of amidine groups is 1. The first-order valence-corrected chi connectivity index (χ1v) is 7.47. The minimum absolute atomic E-state index is 0.0382. The van der Waals surface area contributed by atoms with Gasteiger partial charge in [0.25, 0.3) is 0 Å². The van der Waals surface area contributed by atoms with Gasteiger partial charge < -0.3 is 10.6 Å². The van der Waals surface area contributed by atoms with Crippen LogP contribution in [-0.2, 0) is 9.84 Å². The zero-order valence-electron chi connectivity index (χ0n) is 10.8. The first-order chi connectivity index (χ1) is 8.20. The number of nitrogens with zero attached hydrogens (tertiary/aromatic N) is 2. The Balaban J connectivity index is 3.00. The van der Waals surface area contributed by atoms with Crippen LogP contribution in [0.15, 0.2) is 12.1 Å². The van der Waals surface area contributed by atoms with E-state index < -0.39 is 9.84 Å². The van der Waals surface area contributed by atoms with Crippen LogP contribution < -0.4 is 10.6 Å². The van der Waals surface area contributed by atoms with E-state index in [1.54, 1.807) is 24.1 Å². The molecule has 100 valence electrons. The van der Waals surface area contributed by atoms with Crippen molar-refractivity contribution in [1.29, 1.82) is 5.41 Å². The molecule has 0 aliphatic carbocycles. The fraction of sp³-hybridized carbons (Fsp3) is 0.455. The Kier molecular flexibility index (Phi) is 4.28. The van der Waals surface area contributed by atoms with Crippen LogP contribution >= 0.6 is 0 Å². The van der Waals surface area contributed by atoms with E-state index in [9.17, 15) is 8.42 Å². The van der Waals surface area contributed by atoms with E-state index in [-0.39, 0.29) is 11.6 Å². The van der Waals surface area contributed by atoms with Crippen LogP contribution in [0.25, 0.3) is 0 Å². The van der Waals surface area contributed by atoms with Crippen LogP contribution in [0.2, 0.25) is 0 Å². The molecule has 18 heavy (non-hydrogen) atoms. The normalized spacial score (nSPS) is 11.3. The fourth-order valence-electron chi connectivity index (χ4n) is 1.45. The van der Waals surface area contributed by atoms with Gasteiger partial charge in [-0.2, -0.15) is 0 Å². The lowest BCUT2D eigenvalue weighted by atomic mass is 10.2. The van der Waals surface area contributed by atoms with Crippen molar-refractivity contribution in [1.82, 2.24) is 4.98 Å². The highest BCUT2D eigenvalue weighted by Gasteiger charge is 2.13. The molecule has 0 aromatic carbocycles. The Bertz CT molecular complexity index is 554. The highest BCUT2D eigenvalue weighted by atomic mass is 32.2. The average molecular weight is 270 g/mol. The first-order valence-electron chi connectivity index (χ1n) is 5.41. The highest BCUT2D eigenvalue weighted by Crippen LogP contribution is 2.16. The van der Waals surface area contributed by atoms with E-state index in [0.717, 1.165) is 5.69 Å². The molecular weight excluding hydrogens is 252 g/mol. The van der Waals surface area contributed by atoms with Crippen molar-refractivity contribution < 1.29 is 8.42 Å². The largest absolute Gasteiger partial charge is 0.384 e. The van der Waals surface area contributed by atoms with Crippen LogP contribution in [0.3, 0.4) is 0 Å². The molecule has 1 aromatic heterocycles. The van der Waals surface area contributed by atoms with Gasteiger partial charge >= 0.3 is 0 Å². The van der Waals surface area contributed by atoms with Gasteiger partial charge in [0.15, 0.2) is 0 Å². The van der Waals surface area contributed by atoms with Crippen LogP contribution in [0.5, 0.6) is 0 Å². The second-order valence-corrected chi connectivity index (χ2v) is 6.55. The lowest BCUT2D eigenvalue weighted by molar-refractivity contribution is 0.601. The van der Waals surface area contributed by atoms with Crippen molar-refractivity contribution in [2.75, 3.05) is 30.5 Å². The Morgan fingerprint density at radius 3 is 2.61 bits per heavy atom. The molecule has 1 rings (SSSR count). The number of nitrogen functional groups attached to an aromatic ring is 1. The van der Waals surface area contributed by atoms with E-state index in [1.165, 1.54) is 6.26 Å². The van der Waals surface area contributed by atoms with E-state index in [1.807, 2.05) is 6.92 Å². The number of aromatic nitrogens is 1. The fourth-order valence-corrected chi connectivity index (χ4v) is 2.06. The number of sulfone groups is 1. The third-order valence-corrected chi connectivity index (χ3v) is 3.39. The summed E-state index contributed by atoms with van der Waals surface area (Å²) in [7, 11) is -1.29. The maximum absolute atomic E-state index is 11.1. The van der Waals surface area contributed by atoms with Crippen molar-refractivity contribution >= 4 is 21.5 Å². The SMILES string of the molecule is Cc1ccc(C(=N)N)c(N(C)CCS(C)(=O)=O)n1. The van der Waals surface area contributed by atoms with Gasteiger partial charge in [0, 0.05) is 25.5 Å². The molecule has 0 aliphatic heterocycles. The number of anilines is 1. The molecule has 6 nitrogen and oxygen atoms in total. The predicted octanol–water partition coefficient (Wildman–Crippen LogP) is 0.155. The van der Waals surface area contributed by atoms with E-state index in [2.05, 4.69) is 4.98 Å². The summed E-state index contributed by atoms with van der Waals surface area (Å²) in [4.78, 5) is 6.00. The van der Waals surface area contributed by atoms with E-state index >= 15 is 0 Å². The van der Waals surface area contributed by atoms with Crippen LogP contribution in [-0.4, -0.2) is 44.8 Å². The number of aryl methyl sites for hydroxylation is 1. The van der Waals surface area contributed by atoms with Gasteiger partial charge in [0.2, 0.25) is 0 Å². The summed E-state index contributed by atoms with van der Waals surface area (Å²) >= 11 is 0. The monoisotopic (exact) mass is 270 g/mol. The summed E-state index contributed by atoms with van der Waals surface area (Å²) in [6.45, 7) is 2.15. The topological polar surface area (TPSA) is 100 Å². The van der Waals surface area contributed by atoms with Gasteiger partial charge in [0.1, 0.15) is 21.5 Å². The molecule has 0 atom stereocenters. The molecule has 0 unspecified atom stereocenters. The number of nitrogens with two attached hydrogens (primary N) is 1. The van der Waals surface area contributed by atoms with Gasteiger partial charge in [-0.1, -0.05) is 0 Å². The molecule has 0 fully saturated rings. The molecule has 7 heteroatoms. The second kappa shape index (κ2) is 5.34. The summed E-state index contributed by atoms with van der Waals surface area (Å²) < 4.78 is 22.3. The zero-order valence-corrected chi connectivity index (χ0v) is 11.6. The van der Waals surface area contributed by atoms with Crippen LogP contribution in [0.1, 0.15) is 11.3 Å². The van der Waals surface area contributed by atoms with Gasteiger partial charge in [0.05, 0.1) is 11.3 Å². The number of hydrogen-bond acceptors (Lipinski definition) is 5. The summed E-state index contributed by atoms with van der Waals surface area (Å²) in [5.74, 6) is 0.492. The maximum Gasteiger partial charge on any atom is 0.149 e. The lowest BCUT2D eigenvalue weighted by Gasteiger charge is -2.20. The smallest absolute Gasteiger partial charge is 0.149 e. The summed E-state index contributed by atoms with van der Waals surface area (Å²) in [6.07, 6.45) is 1.19. The van der Waals surface area contributed by atoms with Crippen molar-refractivity contribution in [3.05, 3.63) is 23.4 Å². The standard InChI is InChI=1S/C11H18N4O2S/c1-8-4-5-9(10(12)13)11(14-8)15(2)6-7-18(3,16)17/h4-5H,6-7H2,1-3H3,(H3,12,13). The number of rotatable bonds is 5. The van der Waals surface area contributed by atoms with Gasteiger partial charge in [-0.05, 0) is 19.1 Å².